The summed E-state index contributed by atoms with van der Waals surface area (Å²) in [7, 11) is 1.40. The number of carbonyl (C=O) groups excluding carboxylic acids is 2. The Labute approximate surface area is 218 Å². The highest BCUT2D eigenvalue weighted by atomic mass is 16.5. The van der Waals surface area contributed by atoms with Gasteiger partial charge < -0.3 is 14.2 Å². The summed E-state index contributed by atoms with van der Waals surface area (Å²) in [6.45, 7) is 4.46. The molecule has 4 aromatic carbocycles. The van der Waals surface area contributed by atoms with E-state index in [0.717, 1.165) is 27.6 Å². The smallest absolute Gasteiger partial charge is 0.305 e. The highest BCUT2D eigenvalue weighted by Crippen LogP contribution is 2.29. The quantitative estimate of drug-likeness (QED) is 0.170. The monoisotopic (exact) mass is 496 g/mol. The Hall–Kier alpha value is -4.12. The molecular weight excluding hydrogens is 464 g/mol. The number of methoxy groups -OCH3 is 1. The van der Waals surface area contributed by atoms with Gasteiger partial charge in [0.05, 0.1) is 25.4 Å². The van der Waals surface area contributed by atoms with E-state index in [1.807, 2.05) is 98.8 Å². The number of esters is 1. The van der Waals surface area contributed by atoms with Gasteiger partial charge in [-0.15, -0.1) is 0 Å². The van der Waals surface area contributed by atoms with Crippen molar-refractivity contribution in [3.8, 4) is 11.5 Å². The minimum Gasteiger partial charge on any atom is -0.493 e. The molecule has 0 radical (unpaired) electrons. The molecule has 0 saturated heterocycles. The summed E-state index contributed by atoms with van der Waals surface area (Å²) in [5.41, 5.74) is 3.35. The maximum Gasteiger partial charge on any atom is 0.305 e. The van der Waals surface area contributed by atoms with Crippen molar-refractivity contribution in [2.24, 2.45) is 0 Å². The van der Waals surface area contributed by atoms with E-state index in [2.05, 4.69) is 0 Å². The van der Waals surface area contributed by atoms with Crippen molar-refractivity contribution in [2.45, 2.75) is 39.2 Å². The average molecular weight is 497 g/mol. The van der Waals surface area contributed by atoms with Crippen LogP contribution in [0, 0.1) is 6.92 Å². The number of fused-ring (bicyclic) bond motifs is 1. The first-order valence-corrected chi connectivity index (χ1v) is 12.5. The molecule has 0 aliphatic carbocycles. The molecule has 0 aliphatic heterocycles. The summed E-state index contributed by atoms with van der Waals surface area (Å²) in [6, 6.07) is 27.0. The van der Waals surface area contributed by atoms with Crippen LogP contribution in [-0.4, -0.2) is 31.6 Å². The highest BCUT2D eigenvalue weighted by Gasteiger charge is 2.18. The Kier molecular flexibility index (Phi) is 8.57. The van der Waals surface area contributed by atoms with Crippen molar-refractivity contribution in [1.82, 2.24) is 0 Å². The van der Waals surface area contributed by atoms with Crippen LogP contribution >= 0.6 is 0 Å². The number of hydrogen-bond donors (Lipinski definition) is 0. The van der Waals surface area contributed by atoms with Crippen LogP contribution in [0.25, 0.3) is 10.8 Å². The first-order valence-electron chi connectivity index (χ1n) is 12.5. The van der Waals surface area contributed by atoms with Crippen LogP contribution in [0.1, 0.15) is 46.8 Å². The fraction of sp³-hybridized carbons (Fsp3) is 0.250. The van der Waals surface area contributed by atoms with Gasteiger partial charge in [-0.2, -0.15) is 0 Å². The van der Waals surface area contributed by atoms with Gasteiger partial charge in [0.1, 0.15) is 11.5 Å². The topological polar surface area (TPSA) is 61.8 Å². The van der Waals surface area contributed by atoms with E-state index in [4.69, 9.17) is 14.2 Å². The SMILES string of the molecule is COC(=O)CCc1ccc(OCCC(C)Oc2cc3ccccc3cc2C(=O)c2ccccc2)cc1C. The molecule has 0 heterocycles. The second-order valence-electron chi connectivity index (χ2n) is 9.12. The first kappa shape index (κ1) is 26.0. The predicted octanol–water partition coefficient (Wildman–Crippen LogP) is 6.72. The van der Waals surface area contributed by atoms with E-state index >= 15 is 0 Å². The van der Waals surface area contributed by atoms with Crippen LogP contribution in [0.3, 0.4) is 0 Å². The summed E-state index contributed by atoms with van der Waals surface area (Å²) in [6.07, 6.45) is 1.48. The normalized spacial score (nSPS) is 11.6. The number of hydrogen-bond acceptors (Lipinski definition) is 5. The minimum atomic E-state index is -0.214. The minimum absolute atomic E-state index is 0.0624. The zero-order valence-electron chi connectivity index (χ0n) is 21.5. The van der Waals surface area contributed by atoms with Gasteiger partial charge in [-0.25, -0.2) is 0 Å². The zero-order chi connectivity index (χ0) is 26.2. The lowest BCUT2D eigenvalue weighted by Crippen LogP contribution is -2.17. The predicted molar refractivity (Wildman–Crippen MR) is 146 cm³/mol. The summed E-state index contributed by atoms with van der Waals surface area (Å²) in [4.78, 5) is 24.7. The molecule has 4 aromatic rings. The molecule has 190 valence electrons. The molecule has 0 aromatic heterocycles. The van der Waals surface area contributed by atoms with E-state index in [1.54, 1.807) is 0 Å². The fourth-order valence-corrected chi connectivity index (χ4v) is 4.24. The second kappa shape index (κ2) is 12.2. The zero-order valence-corrected chi connectivity index (χ0v) is 21.5. The molecular formula is C32H32O5. The van der Waals surface area contributed by atoms with Gasteiger partial charge in [0, 0.05) is 18.4 Å². The summed E-state index contributed by atoms with van der Waals surface area (Å²) >= 11 is 0. The molecule has 1 unspecified atom stereocenters. The van der Waals surface area contributed by atoms with Gasteiger partial charge >= 0.3 is 5.97 Å². The van der Waals surface area contributed by atoms with Gasteiger partial charge in [-0.1, -0.05) is 60.7 Å². The Bertz CT molecular complexity index is 1380. The number of benzene rings is 4. The molecule has 4 rings (SSSR count). The Balaban J connectivity index is 1.41. The van der Waals surface area contributed by atoms with Crippen molar-refractivity contribution in [3.63, 3.8) is 0 Å². The van der Waals surface area contributed by atoms with Gasteiger partial charge in [0.2, 0.25) is 0 Å². The third-order valence-electron chi connectivity index (χ3n) is 6.39. The lowest BCUT2D eigenvalue weighted by atomic mass is 9.98. The highest BCUT2D eigenvalue weighted by molar-refractivity contribution is 6.12. The molecule has 0 aliphatic rings. The molecule has 0 fully saturated rings. The Morgan fingerprint density at radius 1 is 0.865 bits per heavy atom. The fourth-order valence-electron chi connectivity index (χ4n) is 4.24. The molecule has 37 heavy (non-hydrogen) atoms. The number of carbonyl (C=O) groups is 2. The number of aryl methyl sites for hydroxylation is 2. The number of rotatable bonds is 11. The van der Waals surface area contributed by atoms with Crippen LogP contribution < -0.4 is 9.47 Å². The average Bonchev–Trinajstić information content (AvgIpc) is 2.92. The first-order chi connectivity index (χ1) is 17.9. The summed E-state index contributed by atoms with van der Waals surface area (Å²) < 4.78 is 17.0. The van der Waals surface area contributed by atoms with Crippen LogP contribution in [0.5, 0.6) is 11.5 Å². The van der Waals surface area contributed by atoms with Crippen molar-refractivity contribution >= 4 is 22.5 Å². The van der Waals surface area contributed by atoms with Crippen molar-refractivity contribution in [2.75, 3.05) is 13.7 Å². The van der Waals surface area contributed by atoms with Gasteiger partial charge in [0.15, 0.2) is 5.78 Å². The lowest BCUT2D eigenvalue weighted by molar-refractivity contribution is -0.140. The lowest BCUT2D eigenvalue weighted by Gasteiger charge is -2.19. The van der Waals surface area contributed by atoms with E-state index in [1.165, 1.54) is 7.11 Å². The molecule has 0 saturated carbocycles. The maximum absolute atomic E-state index is 13.3. The largest absolute Gasteiger partial charge is 0.493 e. The van der Waals surface area contributed by atoms with Crippen LogP contribution in [0.2, 0.25) is 0 Å². The molecule has 5 nitrogen and oxygen atoms in total. The summed E-state index contributed by atoms with van der Waals surface area (Å²) in [5, 5.41) is 2.02. The van der Waals surface area contributed by atoms with E-state index < -0.39 is 0 Å². The van der Waals surface area contributed by atoms with Crippen molar-refractivity contribution in [3.05, 3.63) is 107 Å². The molecule has 1 atom stereocenters. The van der Waals surface area contributed by atoms with E-state index in [-0.39, 0.29) is 17.9 Å². The van der Waals surface area contributed by atoms with Gasteiger partial charge in [-0.3, -0.25) is 9.59 Å². The second-order valence-corrected chi connectivity index (χ2v) is 9.12. The van der Waals surface area contributed by atoms with E-state index in [9.17, 15) is 9.59 Å². The van der Waals surface area contributed by atoms with Gasteiger partial charge in [0.25, 0.3) is 0 Å². The van der Waals surface area contributed by atoms with Crippen LogP contribution in [-0.2, 0) is 16.0 Å². The molecule has 0 amide bonds. The Morgan fingerprint density at radius 2 is 1.57 bits per heavy atom. The van der Waals surface area contributed by atoms with Crippen molar-refractivity contribution < 1.29 is 23.8 Å². The number of ketones is 1. The van der Waals surface area contributed by atoms with Gasteiger partial charge in [-0.05, 0) is 66.4 Å². The standard InChI is InChI=1S/C32H32O5/c1-22-19-28(15-13-24(22)14-16-31(33)35-3)36-18-17-23(2)37-30-21-27-12-8-7-11-26(27)20-29(30)32(34)25-9-5-4-6-10-25/h4-13,15,19-21,23H,14,16-18H2,1-3H3. The third kappa shape index (κ3) is 6.76. The Morgan fingerprint density at radius 3 is 2.27 bits per heavy atom. The molecule has 5 heteroatoms. The third-order valence-corrected chi connectivity index (χ3v) is 6.39. The number of ether oxygens (including phenoxy) is 3. The molecule has 0 spiro atoms. The van der Waals surface area contributed by atoms with Crippen LogP contribution in [0.15, 0.2) is 84.9 Å². The van der Waals surface area contributed by atoms with Crippen LogP contribution in [0.4, 0.5) is 0 Å². The molecule has 0 N–H and O–H groups in total. The summed E-state index contributed by atoms with van der Waals surface area (Å²) in [5.74, 6) is 1.07. The molecule has 0 bridgehead atoms. The maximum atomic E-state index is 13.3. The van der Waals surface area contributed by atoms with Crippen molar-refractivity contribution in [1.29, 1.82) is 0 Å². The van der Waals surface area contributed by atoms with E-state index in [0.29, 0.717) is 42.7 Å².